The minimum absolute atomic E-state index is 0.0944. The zero-order chi connectivity index (χ0) is 16.9. The van der Waals surface area contributed by atoms with Crippen LogP contribution in [0.1, 0.15) is 17.0 Å². The van der Waals surface area contributed by atoms with E-state index in [0.717, 1.165) is 16.3 Å². The Labute approximate surface area is 144 Å². The molecule has 3 aromatic carbocycles. The predicted molar refractivity (Wildman–Crippen MR) is 93.8 cm³/mol. The first-order chi connectivity index (χ1) is 11.6. The fraction of sp³-hybridized carbons (Fsp3) is 0.100. The molecule has 0 saturated carbocycles. The first-order valence-corrected chi connectivity index (χ1v) is 7.91. The summed E-state index contributed by atoms with van der Waals surface area (Å²) in [5.74, 6) is -1.75. The van der Waals surface area contributed by atoms with Gasteiger partial charge < -0.3 is 4.74 Å². The molecular formula is C20H15ClO3. The largest absolute Gasteiger partial charge is 0.460 e. The molecule has 1 atom stereocenters. The number of rotatable bonds is 5. The fourth-order valence-electron chi connectivity index (χ4n) is 2.57. The molecule has 0 aliphatic carbocycles. The van der Waals surface area contributed by atoms with Gasteiger partial charge in [0.1, 0.15) is 6.61 Å². The van der Waals surface area contributed by atoms with E-state index in [4.69, 9.17) is 16.3 Å². The highest BCUT2D eigenvalue weighted by Gasteiger charge is 2.28. The third kappa shape index (κ3) is 3.63. The van der Waals surface area contributed by atoms with Crippen LogP contribution in [-0.2, 0) is 20.9 Å². The van der Waals surface area contributed by atoms with Crippen molar-refractivity contribution < 1.29 is 14.3 Å². The minimum Gasteiger partial charge on any atom is -0.460 e. The molecule has 24 heavy (non-hydrogen) atoms. The van der Waals surface area contributed by atoms with Gasteiger partial charge in [0.2, 0.25) is 5.24 Å². The van der Waals surface area contributed by atoms with Gasteiger partial charge in [-0.2, -0.15) is 0 Å². The quantitative estimate of drug-likeness (QED) is 0.392. The van der Waals surface area contributed by atoms with Crippen molar-refractivity contribution in [3.63, 3.8) is 0 Å². The number of hydrogen-bond acceptors (Lipinski definition) is 3. The Morgan fingerprint density at radius 1 is 0.875 bits per heavy atom. The zero-order valence-corrected chi connectivity index (χ0v) is 13.6. The van der Waals surface area contributed by atoms with Gasteiger partial charge in [-0.25, -0.2) is 0 Å². The van der Waals surface area contributed by atoms with Crippen LogP contribution in [0.3, 0.4) is 0 Å². The Balaban J connectivity index is 1.74. The summed E-state index contributed by atoms with van der Waals surface area (Å²) in [6, 6.07) is 22.4. The molecule has 1 unspecified atom stereocenters. The highest BCUT2D eigenvalue weighted by Crippen LogP contribution is 2.22. The van der Waals surface area contributed by atoms with Gasteiger partial charge in [0.25, 0.3) is 0 Å². The van der Waals surface area contributed by atoms with Crippen molar-refractivity contribution in [2.45, 2.75) is 12.5 Å². The second-order valence-corrected chi connectivity index (χ2v) is 5.81. The van der Waals surface area contributed by atoms with Crippen LogP contribution in [0.25, 0.3) is 10.8 Å². The molecule has 3 aromatic rings. The summed E-state index contributed by atoms with van der Waals surface area (Å²) in [5.41, 5.74) is 1.39. The minimum atomic E-state index is -1.10. The van der Waals surface area contributed by atoms with Crippen LogP contribution in [0.15, 0.2) is 72.8 Å². The van der Waals surface area contributed by atoms with E-state index in [2.05, 4.69) is 0 Å². The van der Waals surface area contributed by atoms with Crippen molar-refractivity contribution in [2.75, 3.05) is 0 Å². The summed E-state index contributed by atoms with van der Waals surface area (Å²) >= 11 is 5.59. The first kappa shape index (κ1) is 16.2. The van der Waals surface area contributed by atoms with Crippen molar-refractivity contribution >= 4 is 33.6 Å². The van der Waals surface area contributed by atoms with Crippen molar-refractivity contribution in [3.8, 4) is 0 Å². The molecule has 0 amide bonds. The van der Waals surface area contributed by atoms with Gasteiger partial charge in [0.15, 0.2) is 5.92 Å². The first-order valence-electron chi connectivity index (χ1n) is 7.54. The number of benzene rings is 3. The van der Waals surface area contributed by atoms with E-state index < -0.39 is 17.1 Å². The third-order valence-corrected chi connectivity index (χ3v) is 4.01. The molecule has 0 saturated heterocycles. The number of fused-ring (bicyclic) bond motifs is 1. The van der Waals surface area contributed by atoms with E-state index >= 15 is 0 Å². The van der Waals surface area contributed by atoms with Gasteiger partial charge in [-0.05, 0) is 39.6 Å². The lowest BCUT2D eigenvalue weighted by Crippen LogP contribution is -2.21. The smallest absolute Gasteiger partial charge is 0.322 e. The summed E-state index contributed by atoms with van der Waals surface area (Å²) < 4.78 is 5.31. The zero-order valence-electron chi connectivity index (χ0n) is 12.8. The van der Waals surface area contributed by atoms with Gasteiger partial charge in [0, 0.05) is 0 Å². The average Bonchev–Trinajstić information content (AvgIpc) is 2.60. The molecule has 4 heteroatoms. The van der Waals surface area contributed by atoms with Crippen LogP contribution in [0.5, 0.6) is 0 Å². The molecule has 0 bridgehead atoms. The van der Waals surface area contributed by atoms with Crippen molar-refractivity contribution in [1.29, 1.82) is 0 Å². The number of carbonyl (C=O) groups excluding carboxylic acids is 2. The van der Waals surface area contributed by atoms with Gasteiger partial charge in [0.05, 0.1) is 0 Å². The fourth-order valence-corrected chi connectivity index (χ4v) is 2.79. The number of esters is 1. The van der Waals surface area contributed by atoms with E-state index in [1.807, 2.05) is 42.5 Å². The molecule has 0 fully saturated rings. The number of ether oxygens (including phenoxy) is 1. The van der Waals surface area contributed by atoms with E-state index in [-0.39, 0.29) is 6.61 Å². The molecule has 0 aliphatic heterocycles. The van der Waals surface area contributed by atoms with Crippen LogP contribution in [0.2, 0.25) is 0 Å². The van der Waals surface area contributed by atoms with Crippen molar-refractivity contribution in [3.05, 3.63) is 83.9 Å². The summed E-state index contributed by atoms with van der Waals surface area (Å²) in [7, 11) is 0. The Morgan fingerprint density at radius 3 is 2.25 bits per heavy atom. The molecule has 0 heterocycles. The van der Waals surface area contributed by atoms with Crippen LogP contribution in [-0.4, -0.2) is 11.2 Å². The molecule has 0 radical (unpaired) electrons. The van der Waals surface area contributed by atoms with Crippen molar-refractivity contribution in [1.82, 2.24) is 0 Å². The second-order valence-electron chi connectivity index (χ2n) is 5.44. The standard InChI is InChI=1S/C20H15ClO3/c21-19(22)18(16-7-2-1-3-8-16)20(23)24-13-14-10-11-15-6-4-5-9-17(15)12-14/h1-12,18H,13H2. The molecular weight excluding hydrogens is 324 g/mol. The van der Waals surface area contributed by atoms with E-state index in [0.29, 0.717) is 5.56 Å². The molecule has 3 nitrogen and oxygen atoms in total. The van der Waals surface area contributed by atoms with E-state index in [1.165, 1.54) is 0 Å². The van der Waals surface area contributed by atoms with Crippen LogP contribution in [0, 0.1) is 0 Å². The van der Waals surface area contributed by atoms with Crippen LogP contribution < -0.4 is 0 Å². The molecule has 0 aromatic heterocycles. The third-order valence-electron chi connectivity index (χ3n) is 3.79. The molecule has 3 rings (SSSR count). The molecule has 0 aliphatic rings. The lowest BCUT2D eigenvalue weighted by molar-refractivity contribution is -0.148. The maximum absolute atomic E-state index is 12.3. The van der Waals surface area contributed by atoms with Crippen LogP contribution >= 0.6 is 11.6 Å². The summed E-state index contributed by atoms with van der Waals surface area (Å²) in [6.07, 6.45) is 0. The van der Waals surface area contributed by atoms with Crippen LogP contribution in [0.4, 0.5) is 0 Å². The monoisotopic (exact) mass is 338 g/mol. The SMILES string of the molecule is O=C(Cl)C(C(=O)OCc1ccc2ccccc2c1)c1ccccc1. The van der Waals surface area contributed by atoms with Gasteiger partial charge in [-0.1, -0.05) is 66.7 Å². The Bertz CT molecular complexity index is 874. The van der Waals surface area contributed by atoms with Gasteiger partial charge in [-0.3, -0.25) is 9.59 Å². The number of hydrogen-bond donors (Lipinski definition) is 0. The number of halogens is 1. The Kier molecular flexibility index (Phi) is 4.92. The summed E-state index contributed by atoms with van der Waals surface area (Å²) in [4.78, 5) is 23.9. The Hall–Kier alpha value is -2.65. The predicted octanol–water partition coefficient (Wildman–Crippen LogP) is 4.43. The normalized spacial score (nSPS) is 11.9. The molecule has 0 spiro atoms. The van der Waals surface area contributed by atoms with Gasteiger partial charge in [-0.15, -0.1) is 0 Å². The van der Waals surface area contributed by atoms with E-state index in [1.54, 1.807) is 30.3 Å². The Morgan fingerprint density at radius 2 is 1.54 bits per heavy atom. The number of carbonyl (C=O) groups is 2. The topological polar surface area (TPSA) is 43.4 Å². The lowest BCUT2D eigenvalue weighted by Gasteiger charge is -2.13. The lowest BCUT2D eigenvalue weighted by atomic mass is 10.0. The highest BCUT2D eigenvalue weighted by molar-refractivity contribution is 6.66. The maximum Gasteiger partial charge on any atom is 0.322 e. The van der Waals surface area contributed by atoms with E-state index in [9.17, 15) is 9.59 Å². The highest BCUT2D eigenvalue weighted by atomic mass is 35.5. The summed E-state index contributed by atoms with van der Waals surface area (Å²) in [6.45, 7) is 0.0944. The molecule has 120 valence electrons. The average molecular weight is 339 g/mol. The van der Waals surface area contributed by atoms with Crippen molar-refractivity contribution in [2.24, 2.45) is 0 Å². The molecule has 0 N–H and O–H groups in total. The summed E-state index contributed by atoms with van der Waals surface area (Å²) in [5, 5.41) is 1.44. The second kappa shape index (κ2) is 7.28. The maximum atomic E-state index is 12.3. The van der Waals surface area contributed by atoms with Gasteiger partial charge >= 0.3 is 5.97 Å².